The molecule has 1 aliphatic carbocycles. The van der Waals surface area contributed by atoms with Crippen molar-refractivity contribution in [2.45, 2.75) is 51.4 Å². The molecule has 0 aromatic carbocycles. The maximum Gasteiger partial charge on any atom is 0.318 e. The molecule has 0 amide bonds. The van der Waals surface area contributed by atoms with Gasteiger partial charge in [0.2, 0.25) is 5.89 Å². The number of aryl methyl sites for hydroxylation is 1. The summed E-state index contributed by atoms with van der Waals surface area (Å²) in [6.45, 7) is 2.06. The van der Waals surface area contributed by atoms with Gasteiger partial charge in [0.25, 0.3) is 0 Å². The van der Waals surface area contributed by atoms with Crippen molar-refractivity contribution < 1.29 is 14.1 Å². The van der Waals surface area contributed by atoms with E-state index in [1.54, 1.807) is 0 Å². The molecule has 0 bridgehead atoms. The molecule has 5 heteroatoms. The van der Waals surface area contributed by atoms with Crippen molar-refractivity contribution in [3.8, 4) is 0 Å². The fourth-order valence-electron chi connectivity index (χ4n) is 2.63. The second-order valence-electron chi connectivity index (χ2n) is 4.84. The summed E-state index contributed by atoms with van der Waals surface area (Å²) < 4.78 is 10.1. The van der Waals surface area contributed by atoms with E-state index in [-0.39, 0.29) is 17.8 Å². The maximum atomic E-state index is 11.9. The van der Waals surface area contributed by atoms with Crippen molar-refractivity contribution >= 4 is 5.97 Å². The smallest absolute Gasteiger partial charge is 0.318 e. The topological polar surface area (TPSA) is 65.2 Å². The third kappa shape index (κ3) is 2.71. The van der Waals surface area contributed by atoms with Crippen molar-refractivity contribution in [1.29, 1.82) is 0 Å². The van der Waals surface area contributed by atoms with Gasteiger partial charge in [-0.05, 0) is 25.2 Å². The van der Waals surface area contributed by atoms with E-state index in [0.29, 0.717) is 11.7 Å². The van der Waals surface area contributed by atoms with Crippen LogP contribution in [0.15, 0.2) is 4.52 Å². The second kappa shape index (κ2) is 5.98. The number of ether oxygens (including phenoxy) is 1. The molecule has 18 heavy (non-hydrogen) atoms. The Morgan fingerprint density at radius 3 is 2.83 bits per heavy atom. The van der Waals surface area contributed by atoms with Crippen LogP contribution in [0.3, 0.4) is 0 Å². The lowest BCUT2D eigenvalue weighted by Crippen LogP contribution is -2.21. The predicted octanol–water partition coefficient (Wildman–Crippen LogP) is 2.47. The minimum Gasteiger partial charge on any atom is -0.468 e. The Hall–Kier alpha value is -1.39. The Morgan fingerprint density at radius 1 is 1.50 bits per heavy atom. The Morgan fingerprint density at radius 2 is 2.22 bits per heavy atom. The SMILES string of the molecule is CCCc1noc(C(C(=O)OC)C2CCCC2)n1. The first-order valence-electron chi connectivity index (χ1n) is 6.66. The van der Waals surface area contributed by atoms with E-state index in [4.69, 9.17) is 9.26 Å². The van der Waals surface area contributed by atoms with Crippen molar-refractivity contribution in [3.05, 3.63) is 11.7 Å². The Kier molecular flexibility index (Phi) is 4.33. The van der Waals surface area contributed by atoms with Gasteiger partial charge in [-0.2, -0.15) is 4.98 Å². The second-order valence-corrected chi connectivity index (χ2v) is 4.84. The number of esters is 1. The Bertz CT molecular complexity index is 397. The van der Waals surface area contributed by atoms with E-state index in [1.165, 1.54) is 7.11 Å². The summed E-state index contributed by atoms with van der Waals surface area (Å²) >= 11 is 0. The minimum absolute atomic E-state index is 0.256. The number of rotatable bonds is 5. The first kappa shape index (κ1) is 13.1. The lowest BCUT2D eigenvalue weighted by atomic mass is 9.91. The normalized spacial score (nSPS) is 17.9. The Labute approximate surface area is 107 Å². The van der Waals surface area contributed by atoms with Crippen LogP contribution in [-0.4, -0.2) is 23.2 Å². The summed E-state index contributed by atoms with van der Waals surface area (Å²) in [5.41, 5.74) is 0. The molecule has 100 valence electrons. The molecule has 1 unspecified atom stereocenters. The lowest BCUT2D eigenvalue weighted by molar-refractivity contribution is -0.144. The fraction of sp³-hybridized carbons (Fsp3) is 0.769. The molecular weight excluding hydrogens is 232 g/mol. The highest BCUT2D eigenvalue weighted by Crippen LogP contribution is 2.37. The van der Waals surface area contributed by atoms with Gasteiger partial charge in [-0.1, -0.05) is 24.9 Å². The number of nitrogens with zero attached hydrogens (tertiary/aromatic N) is 2. The molecule has 1 fully saturated rings. The van der Waals surface area contributed by atoms with Crippen LogP contribution >= 0.6 is 0 Å². The summed E-state index contributed by atoms with van der Waals surface area (Å²) in [5, 5.41) is 3.92. The van der Waals surface area contributed by atoms with Crippen LogP contribution in [0, 0.1) is 5.92 Å². The zero-order chi connectivity index (χ0) is 13.0. The van der Waals surface area contributed by atoms with Gasteiger partial charge < -0.3 is 9.26 Å². The molecule has 5 nitrogen and oxygen atoms in total. The van der Waals surface area contributed by atoms with E-state index in [1.807, 2.05) is 0 Å². The highest BCUT2D eigenvalue weighted by molar-refractivity contribution is 5.77. The minimum atomic E-state index is -0.379. The number of methoxy groups -OCH3 is 1. The van der Waals surface area contributed by atoms with Crippen molar-refractivity contribution in [2.24, 2.45) is 5.92 Å². The first-order valence-corrected chi connectivity index (χ1v) is 6.66. The molecule has 1 heterocycles. The average Bonchev–Trinajstić information content (AvgIpc) is 3.02. The van der Waals surface area contributed by atoms with Crippen molar-refractivity contribution in [1.82, 2.24) is 10.1 Å². The summed E-state index contributed by atoms with van der Waals surface area (Å²) in [5.74, 6) is 0.758. The van der Waals surface area contributed by atoms with Crippen LogP contribution in [0.2, 0.25) is 0 Å². The predicted molar refractivity (Wildman–Crippen MR) is 65.0 cm³/mol. The van der Waals surface area contributed by atoms with Crippen LogP contribution in [0.4, 0.5) is 0 Å². The molecule has 0 radical (unpaired) electrons. The van der Waals surface area contributed by atoms with Crippen molar-refractivity contribution in [3.63, 3.8) is 0 Å². The molecule has 1 aromatic heterocycles. The van der Waals surface area contributed by atoms with E-state index in [0.717, 1.165) is 38.5 Å². The summed E-state index contributed by atoms with van der Waals surface area (Å²) in [6, 6.07) is 0. The quantitative estimate of drug-likeness (QED) is 0.753. The third-order valence-corrected chi connectivity index (χ3v) is 3.55. The zero-order valence-corrected chi connectivity index (χ0v) is 11.0. The van der Waals surface area contributed by atoms with Crippen LogP contribution in [0.25, 0.3) is 0 Å². The summed E-state index contributed by atoms with van der Waals surface area (Å²) in [7, 11) is 1.41. The van der Waals surface area contributed by atoms with Gasteiger partial charge in [-0.3, -0.25) is 4.79 Å². The number of hydrogen-bond donors (Lipinski definition) is 0. The van der Waals surface area contributed by atoms with Crippen molar-refractivity contribution in [2.75, 3.05) is 7.11 Å². The zero-order valence-electron chi connectivity index (χ0n) is 11.0. The fourth-order valence-corrected chi connectivity index (χ4v) is 2.63. The molecule has 0 aliphatic heterocycles. The van der Waals surface area contributed by atoms with E-state index in [2.05, 4.69) is 17.1 Å². The van der Waals surface area contributed by atoms with E-state index >= 15 is 0 Å². The molecule has 2 rings (SSSR count). The molecule has 0 spiro atoms. The lowest BCUT2D eigenvalue weighted by Gasteiger charge is -2.16. The largest absolute Gasteiger partial charge is 0.468 e. The molecule has 1 aromatic rings. The maximum absolute atomic E-state index is 11.9. The number of aromatic nitrogens is 2. The van der Waals surface area contributed by atoms with Crippen LogP contribution in [-0.2, 0) is 16.0 Å². The van der Waals surface area contributed by atoms with Gasteiger partial charge in [0, 0.05) is 6.42 Å². The van der Waals surface area contributed by atoms with Gasteiger partial charge in [0.05, 0.1) is 7.11 Å². The van der Waals surface area contributed by atoms with Gasteiger partial charge in [0.1, 0.15) is 5.92 Å². The van der Waals surface area contributed by atoms with Gasteiger partial charge >= 0.3 is 5.97 Å². The number of carbonyl (C=O) groups excluding carboxylic acids is 1. The highest BCUT2D eigenvalue weighted by Gasteiger charge is 2.37. The van der Waals surface area contributed by atoms with E-state index < -0.39 is 0 Å². The Balaban J connectivity index is 2.18. The number of carbonyl (C=O) groups is 1. The first-order chi connectivity index (χ1) is 8.76. The third-order valence-electron chi connectivity index (χ3n) is 3.55. The standard InChI is InChI=1S/C13H20N2O3/c1-3-6-10-14-12(18-15-10)11(13(16)17-2)9-7-4-5-8-9/h9,11H,3-8H2,1-2H3. The highest BCUT2D eigenvalue weighted by atomic mass is 16.5. The molecular formula is C13H20N2O3. The van der Waals surface area contributed by atoms with E-state index in [9.17, 15) is 4.79 Å². The van der Waals surface area contributed by atoms with Crippen LogP contribution in [0.5, 0.6) is 0 Å². The van der Waals surface area contributed by atoms with Crippen LogP contribution < -0.4 is 0 Å². The monoisotopic (exact) mass is 252 g/mol. The summed E-state index contributed by atoms with van der Waals surface area (Å²) in [4.78, 5) is 16.3. The van der Waals surface area contributed by atoms with Gasteiger partial charge in [0.15, 0.2) is 5.82 Å². The summed E-state index contributed by atoms with van der Waals surface area (Å²) in [6.07, 6.45) is 6.13. The number of hydrogen-bond acceptors (Lipinski definition) is 5. The molecule has 1 saturated carbocycles. The molecule has 1 aliphatic rings. The molecule has 0 N–H and O–H groups in total. The molecule has 0 saturated heterocycles. The van der Waals surface area contributed by atoms with Crippen LogP contribution in [0.1, 0.15) is 56.7 Å². The van der Waals surface area contributed by atoms with Gasteiger partial charge in [-0.15, -0.1) is 0 Å². The molecule has 1 atom stereocenters. The van der Waals surface area contributed by atoms with Gasteiger partial charge in [-0.25, -0.2) is 0 Å². The average molecular weight is 252 g/mol.